The summed E-state index contributed by atoms with van der Waals surface area (Å²) < 4.78 is 19.8. The largest absolute Gasteiger partial charge is 0.377 e. The number of nitrogens with one attached hydrogen (secondary N) is 1. The van der Waals surface area contributed by atoms with Crippen LogP contribution in [-0.2, 0) is 16.0 Å². The van der Waals surface area contributed by atoms with E-state index in [9.17, 15) is 14.0 Å². The zero-order valence-corrected chi connectivity index (χ0v) is 11.9. The SMILES string of the molecule is CCC1OCCC1C(=O)c1cc2c(cc1F)NC(=O)CC2. The maximum atomic E-state index is 14.2. The van der Waals surface area contributed by atoms with Crippen LogP contribution in [0.3, 0.4) is 0 Å². The second-order valence-electron chi connectivity index (χ2n) is 5.61. The van der Waals surface area contributed by atoms with Crippen LogP contribution in [0.5, 0.6) is 0 Å². The molecule has 1 saturated heterocycles. The number of rotatable bonds is 3. The molecule has 2 unspecified atom stereocenters. The summed E-state index contributed by atoms with van der Waals surface area (Å²) in [6.07, 6.45) is 2.19. The van der Waals surface area contributed by atoms with Crippen LogP contribution in [0.25, 0.3) is 0 Å². The highest BCUT2D eigenvalue weighted by atomic mass is 19.1. The van der Waals surface area contributed by atoms with Gasteiger partial charge in [-0.3, -0.25) is 9.59 Å². The first-order chi connectivity index (χ1) is 10.1. The molecule has 21 heavy (non-hydrogen) atoms. The monoisotopic (exact) mass is 291 g/mol. The molecule has 1 aromatic carbocycles. The number of hydrogen-bond acceptors (Lipinski definition) is 3. The molecule has 0 aromatic heterocycles. The van der Waals surface area contributed by atoms with Crippen molar-refractivity contribution in [3.63, 3.8) is 0 Å². The van der Waals surface area contributed by atoms with Gasteiger partial charge in [-0.05, 0) is 37.0 Å². The molecular weight excluding hydrogens is 273 g/mol. The number of anilines is 1. The third-order valence-electron chi connectivity index (χ3n) is 4.30. The van der Waals surface area contributed by atoms with Crippen LogP contribution < -0.4 is 5.32 Å². The fourth-order valence-electron chi connectivity index (χ4n) is 3.14. The number of ether oxygens (including phenoxy) is 1. The van der Waals surface area contributed by atoms with Gasteiger partial charge in [0.25, 0.3) is 0 Å². The van der Waals surface area contributed by atoms with Crippen molar-refractivity contribution in [3.8, 4) is 0 Å². The Kier molecular flexibility index (Phi) is 3.76. The zero-order valence-electron chi connectivity index (χ0n) is 11.9. The molecule has 2 aliphatic rings. The van der Waals surface area contributed by atoms with Crippen LogP contribution >= 0.6 is 0 Å². The van der Waals surface area contributed by atoms with Gasteiger partial charge >= 0.3 is 0 Å². The Morgan fingerprint density at radius 3 is 3.00 bits per heavy atom. The Morgan fingerprint density at radius 1 is 1.43 bits per heavy atom. The second-order valence-corrected chi connectivity index (χ2v) is 5.61. The highest BCUT2D eigenvalue weighted by Gasteiger charge is 2.35. The summed E-state index contributed by atoms with van der Waals surface area (Å²) in [6.45, 7) is 2.52. The molecule has 0 bridgehead atoms. The Hall–Kier alpha value is -1.75. The quantitative estimate of drug-likeness (QED) is 0.871. The van der Waals surface area contributed by atoms with Crippen molar-refractivity contribution in [3.05, 3.63) is 29.1 Å². The zero-order chi connectivity index (χ0) is 15.0. The van der Waals surface area contributed by atoms with Gasteiger partial charge in [0.15, 0.2) is 5.78 Å². The smallest absolute Gasteiger partial charge is 0.224 e. The summed E-state index contributed by atoms with van der Waals surface area (Å²) in [5, 5.41) is 2.64. The third kappa shape index (κ3) is 2.58. The first-order valence-corrected chi connectivity index (χ1v) is 7.38. The molecule has 5 heteroatoms. The van der Waals surface area contributed by atoms with Gasteiger partial charge in [-0.1, -0.05) is 6.92 Å². The molecular formula is C16H18FNO3. The van der Waals surface area contributed by atoms with Crippen molar-refractivity contribution in [2.75, 3.05) is 11.9 Å². The normalized spacial score (nSPS) is 24.6. The molecule has 2 atom stereocenters. The number of aryl methyl sites for hydroxylation is 1. The van der Waals surface area contributed by atoms with E-state index >= 15 is 0 Å². The molecule has 3 rings (SSSR count). The van der Waals surface area contributed by atoms with Gasteiger partial charge in [-0.25, -0.2) is 4.39 Å². The fourth-order valence-corrected chi connectivity index (χ4v) is 3.14. The molecule has 4 nitrogen and oxygen atoms in total. The van der Waals surface area contributed by atoms with Crippen LogP contribution in [0.4, 0.5) is 10.1 Å². The van der Waals surface area contributed by atoms with E-state index in [-0.39, 0.29) is 29.3 Å². The van der Waals surface area contributed by atoms with Gasteiger partial charge in [0.2, 0.25) is 5.91 Å². The Bertz CT molecular complexity index is 599. The van der Waals surface area contributed by atoms with Crippen molar-refractivity contribution in [1.82, 2.24) is 0 Å². The Morgan fingerprint density at radius 2 is 2.24 bits per heavy atom. The van der Waals surface area contributed by atoms with Gasteiger partial charge < -0.3 is 10.1 Å². The average molecular weight is 291 g/mol. The van der Waals surface area contributed by atoms with E-state index < -0.39 is 5.82 Å². The van der Waals surface area contributed by atoms with E-state index in [1.54, 1.807) is 6.07 Å². The number of hydrogen-bond donors (Lipinski definition) is 1. The minimum atomic E-state index is -0.567. The van der Waals surface area contributed by atoms with Crippen LogP contribution in [0.2, 0.25) is 0 Å². The molecule has 1 aromatic rings. The first-order valence-electron chi connectivity index (χ1n) is 7.38. The Labute approximate surface area is 122 Å². The van der Waals surface area contributed by atoms with E-state index in [2.05, 4.69) is 5.32 Å². The fraction of sp³-hybridized carbons (Fsp3) is 0.500. The number of Topliss-reactive ketones (excluding diaryl/α,β-unsaturated/α-hetero) is 1. The lowest BCUT2D eigenvalue weighted by Crippen LogP contribution is -2.25. The maximum Gasteiger partial charge on any atom is 0.224 e. The van der Waals surface area contributed by atoms with Crippen molar-refractivity contribution in [2.24, 2.45) is 5.92 Å². The van der Waals surface area contributed by atoms with Gasteiger partial charge in [-0.15, -0.1) is 0 Å². The highest BCUT2D eigenvalue weighted by Crippen LogP contribution is 2.31. The summed E-state index contributed by atoms with van der Waals surface area (Å²) in [4.78, 5) is 23.9. The molecule has 1 fully saturated rings. The Balaban J connectivity index is 1.92. The van der Waals surface area contributed by atoms with Crippen LogP contribution in [0, 0.1) is 11.7 Å². The standard InChI is InChI=1S/C16H18FNO3/c1-2-14-10(5-6-21-14)16(20)11-7-9-3-4-15(19)18-13(9)8-12(11)17/h7-8,10,14H,2-6H2,1H3,(H,18,19). The van der Waals surface area contributed by atoms with Crippen molar-refractivity contribution in [2.45, 2.75) is 38.7 Å². The summed E-state index contributed by atoms with van der Waals surface area (Å²) in [5.41, 5.74) is 1.43. The van der Waals surface area contributed by atoms with E-state index in [0.29, 0.717) is 31.6 Å². The number of fused-ring (bicyclic) bond motifs is 1. The molecule has 0 radical (unpaired) electrons. The summed E-state index contributed by atoms with van der Waals surface area (Å²) in [5.74, 6) is -1.13. The maximum absolute atomic E-state index is 14.2. The predicted molar refractivity (Wildman–Crippen MR) is 75.8 cm³/mol. The number of benzene rings is 1. The lowest BCUT2D eigenvalue weighted by atomic mass is 9.88. The van der Waals surface area contributed by atoms with Crippen molar-refractivity contribution >= 4 is 17.4 Å². The number of halogens is 1. The van der Waals surface area contributed by atoms with E-state index in [1.165, 1.54) is 6.07 Å². The summed E-state index contributed by atoms with van der Waals surface area (Å²) in [6, 6.07) is 2.86. The number of ketones is 1. The minimum Gasteiger partial charge on any atom is -0.377 e. The third-order valence-corrected chi connectivity index (χ3v) is 4.30. The lowest BCUT2D eigenvalue weighted by Gasteiger charge is -2.20. The summed E-state index contributed by atoms with van der Waals surface area (Å²) in [7, 11) is 0. The number of amides is 1. The van der Waals surface area contributed by atoms with Gasteiger partial charge in [0, 0.05) is 18.7 Å². The molecule has 0 aliphatic carbocycles. The molecule has 2 aliphatic heterocycles. The average Bonchev–Trinajstić information content (AvgIpc) is 2.94. The van der Waals surface area contributed by atoms with E-state index in [0.717, 1.165) is 12.0 Å². The van der Waals surface area contributed by atoms with Crippen LogP contribution in [0.1, 0.15) is 42.1 Å². The van der Waals surface area contributed by atoms with Gasteiger partial charge in [0.05, 0.1) is 17.6 Å². The van der Waals surface area contributed by atoms with Gasteiger partial charge in [0.1, 0.15) is 5.82 Å². The van der Waals surface area contributed by atoms with Crippen molar-refractivity contribution < 1.29 is 18.7 Å². The van der Waals surface area contributed by atoms with Crippen LogP contribution in [0.15, 0.2) is 12.1 Å². The van der Waals surface area contributed by atoms with Crippen molar-refractivity contribution in [1.29, 1.82) is 0 Å². The molecule has 1 N–H and O–H groups in total. The topological polar surface area (TPSA) is 55.4 Å². The molecule has 1 amide bonds. The first kappa shape index (κ1) is 14.2. The molecule has 0 spiro atoms. The second kappa shape index (κ2) is 5.56. The number of carbonyl (C=O) groups is 2. The summed E-state index contributed by atoms with van der Waals surface area (Å²) >= 11 is 0. The minimum absolute atomic E-state index is 0.115. The van der Waals surface area contributed by atoms with E-state index in [1.807, 2.05) is 6.92 Å². The predicted octanol–water partition coefficient (Wildman–Crippen LogP) is 2.71. The van der Waals surface area contributed by atoms with Gasteiger partial charge in [-0.2, -0.15) is 0 Å². The number of carbonyl (C=O) groups excluding carboxylic acids is 2. The molecule has 2 heterocycles. The molecule has 0 saturated carbocycles. The highest BCUT2D eigenvalue weighted by molar-refractivity contribution is 6.00. The van der Waals surface area contributed by atoms with Crippen LogP contribution in [-0.4, -0.2) is 24.4 Å². The van der Waals surface area contributed by atoms with E-state index in [4.69, 9.17) is 4.74 Å². The lowest BCUT2D eigenvalue weighted by molar-refractivity contribution is -0.116. The molecule has 112 valence electrons.